The Morgan fingerprint density at radius 2 is 2.20 bits per heavy atom. The van der Waals surface area contributed by atoms with Crippen molar-refractivity contribution in [3.05, 3.63) is 23.8 Å². The summed E-state index contributed by atoms with van der Waals surface area (Å²) in [6.45, 7) is 4.97. The van der Waals surface area contributed by atoms with Crippen LogP contribution < -0.4 is 11.1 Å². The number of amides is 1. The summed E-state index contributed by atoms with van der Waals surface area (Å²) in [5.41, 5.74) is 8.29. The Balaban J connectivity index is 1.81. The van der Waals surface area contributed by atoms with Crippen LogP contribution in [0.3, 0.4) is 0 Å². The standard InChI is InChI=1S/C16H25N3O/c1-11-14(17)5-4-6-15(11)18-16(20)9-10-19(3)12(2)13-7-8-13/h4-6,12-13H,7-10,17H2,1-3H3,(H,18,20). The van der Waals surface area contributed by atoms with Crippen LogP contribution in [-0.2, 0) is 4.79 Å². The van der Waals surface area contributed by atoms with Crippen LogP contribution in [0.25, 0.3) is 0 Å². The van der Waals surface area contributed by atoms with Crippen molar-refractivity contribution in [3.8, 4) is 0 Å². The van der Waals surface area contributed by atoms with Crippen molar-refractivity contribution >= 4 is 17.3 Å². The quantitative estimate of drug-likeness (QED) is 0.785. The molecule has 1 amide bonds. The summed E-state index contributed by atoms with van der Waals surface area (Å²) in [5.74, 6) is 0.882. The Morgan fingerprint density at radius 3 is 2.85 bits per heavy atom. The maximum atomic E-state index is 12.0. The number of anilines is 2. The topological polar surface area (TPSA) is 58.4 Å². The predicted octanol–water partition coefficient (Wildman–Crippen LogP) is 2.64. The van der Waals surface area contributed by atoms with E-state index in [4.69, 9.17) is 5.73 Å². The smallest absolute Gasteiger partial charge is 0.225 e. The summed E-state index contributed by atoms with van der Waals surface area (Å²) < 4.78 is 0. The van der Waals surface area contributed by atoms with Crippen LogP contribution >= 0.6 is 0 Å². The van der Waals surface area contributed by atoms with Crippen molar-refractivity contribution in [3.63, 3.8) is 0 Å². The minimum absolute atomic E-state index is 0.0496. The van der Waals surface area contributed by atoms with Gasteiger partial charge in [-0.25, -0.2) is 0 Å². The van der Waals surface area contributed by atoms with Crippen molar-refractivity contribution in [2.75, 3.05) is 24.6 Å². The third-order valence-corrected chi connectivity index (χ3v) is 4.34. The van der Waals surface area contributed by atoms with Gasteiger partial charge in [-0.2, -0.15) is 0 Å². The molecular weight excluding hydrogens is 250 g/mol. The monoisotopic (exact) mass is 275 g/mol. The fraction of sp³-hybridized carbons (Fsp3) is 0.562. The molecule has 0 spiro atoms. The van der Waals surface area contributed by atoms with E-state index in [2.05, 4.69) is 24.2 Å². The molecule has 1 aliphatic rings. The first-order valence-corrected chi connectivity index (χ1v) is 7.34. The molecule has 0 aromatic heterocycles. The van der Waals surface area contributed by atoms with Crippen molar-refractivity contribution in [1.82, 2.24) is 4.90 Å². The Morgan fingerprint density at radius 1 is 1.50 bits per heavy atom. The van der Waals surface area contributed by atoms with E-state index in [1.165, 1.54) is 12.8 Å². The molecule has 1 aromatic rings. The van der Waals surface area contributed by atoms with Crippen molar-refractivity contribution < 1.29 is 4.79 Å². The lowest BCUT2D eigenvalue weighted by molar-refractivity contribution is -0.116. The third-order valence-electron chi connectivity index (χ3n) is 4.34. The van der Waals surface area contributed by atoms with E-state index in [1.54, 1.807) is 0 Å². The highest BCUT2D eigenvalue weighted by Gasteiger charge is 2.30. The van der Waals surface area contributed by atoms with Crippen LogP contribution in [0.5, 0.6) is 0 Å². The molecular formula is C16H25N3O. The molecule has 0 saturated heterocycles. The van der Waals surface area contributed by atoms with Gasteiger partial charge in [0, 0.05) is 30.4 Å². The molecule has 20 heavy (non-hydrogen) atoms. The van der Waals surface area contributed by atoms with Crippen LogP contribution in [0, 0.1) is 12.8 Å². The molecule has 1 aromatic carbocycles. The number of hydrogen-bond acceptors (Lipinski definition) is 3. The van der Waals surface area contributed by atoms with Gasteiger partial charge in [0.15, 0.2) is 0 Å². The first kappa shape index (κ1) is 14.9. The number of hydrogen-bond donors (Lipinski definition) is 2. The maximum absolute atomic E-state index is 12.0. The zero-order chi connectivity index (χ0) is 14.7. The van der Waals surface area contributed by atoms with Crippen LogP contribution in [-0.4, -0.2) is 30.4 Å². The number of nitrogens with zero attached hydrogens (tertiary/aromatic N) is 1. The lowest BCUT2D eigenvalue weighted by Crippen LogP contribution is -2.33. The first-order valence-electron chi connectivity index (χ1n) is 7.34. The summed E-state index contributed by atoms with van der Waals surface area (Å²) in [6, 6.07) is 6.17. The molecule has 1 saturated carbocycles. The molecule has 4 nitrogen and oxygen atoms in total. The van der Waals surface area contributed by atoms with Gasteiger partial charge in [0.2, 0.25) is 5.91 Å². The number of nitrogens with one attached hydrogen (secondary N) is 1. The van der Waals surface area contributed by atoms with Gasteiger partial charge in [-0.3, -0.25) is 4.79 Å². The van der Waals surface area contributed by atoms with Gasteiger partial charge >= 0.3 is 0 Å². The molecule has 1 aliphatic carbocycles. The molecule has 110 valence electrons. The van der Waals surface area contributed by atoms with Crippen molar-refractivity contribution in [1.29, 1.82) is 0 Å². The van der Waals surface area contributed by atoms with Crippen molar-refractivity contribution in [2.24, 2.45) is 5.92 Å². The number of carbonyl (C=O) groups excluding carboxylic acids is 1. The van der Waals surface area contributed by atoms with E-state index in [1.807, 2.05) is 25.1 Å². The van der Waals surface area contributed by atoms with Crippen LogP contribution in [0.4, 0.5) is 11.4 Å². The SMILES string of the molecule is Cc1c(N)cccc1NC(=O)CCN(C)C(C)C1CC1. The fourth-order valence-corrected chi connectivity index (χ4v) is 2.42. The minimum Gasteiger partial charge on any atom is -0.398 e. The highest BCUT2D eigenvalue weighted by atomic mass is 16.1. The molecule has 2 rings (SSSR count). The Hall–Kier alpha value is -1.55. The second-order valence-electron chi connectivity index (χ2n) is 5.88. The summed E-state index contributed by atoms with van der Waals surface area (Å²) in [6.07, 6.45) is 3.18. The molecule has 0 heterocycles. The summed E-state index contributed by atoms with van der Waals surface area (Å²) in [7, 11) is 2.10. The van der Waals surface area contributed by atoms with Gasteiger partial charge in [0.1, 0.15) is 0 Å². The highest BCUT2D eigenvalue weighted by Crippen LogP contribution is 2.34. The van der Waals surface area contributed by atoms with Gasteiger partial charge in [-0.15, -0.1) is 0 Å². The van der Waals surface area contributed by atoms with E-state index in [0.29, 0.717) is 18.2 Å². The molecule has 3 N–H and O–H groups in total. The van der Waals surface area contributed by atoms with Crippen LogP contribution in [0.1, 0.15) is 31.7 Å². The fourth-order valence-electron chi connectivity index (χ4n) is 2.42. The molecule has 1 fully saturated rings. The Kier molecular flexibility index (Phi) is 4.65. The molecule has 1 unspecified atom stereocenters. The van der Waals surface area contributed by atoms with Gasteiger partial charge in [-0.1, -0.05) is 6.07 Å². The van der Waals surface area contributed by atoms with Gasteiger partial charge in [0.05, 0.1) is 0 Å². The number of nitrogen functional groups attached to an aromatic ring is 1. The third kappa shape index (κ3) is 3.73. The average Bonchev–Trinajstić information content (AvgIpc) is 3.25. The minimum atomic E-state index is 0.0496. The molecule has 0 bridgehead atoms. The number of benzene rings is 1. The first-order chi connectivity index (χ1) is 9.49. The number of carbonyl (C=O) groups is 1. The van der Waals surface area contributed by atoms with Crippen LogP contribution in [0.2, 0.25) is 0 Å². The highest BCUT2D eigenvalue weighted by molar-refractivity contribution is 5.92. The van der Waals surface area contributed by atoms with Gasteiger partial charge in [0.25, 0.3) is 0 Å². The van der Waals surface area contributed by atoms with Gasteiger partial charge in [-0.05, 0) is 57.4 Å². The lowest BCUT2D eigenvalue weighted by atomic mass is 10.1. The van der Waals surface area contributed by atoms with E-state index in [-0.39, 0.29) is 5.91 Å². The van der Waals surface area contributed by atoms with E-state index < -0.39 is 0 Å². The summed E-state index contributed by atoms with van der Waals surface area (Å²) in [4.78, 5) is 14.3. The Labute approximate surface area is 121 Å². The molecule has 0 aliphatic heterocycles. The van der Waals surface area contributed by atoms with Gasteiger partial charge < -0.3 is 16.0 Å². The second kappa shape index (κ2) is 6.27. The molecule has 4 heteroatoms. The summed E-state index contributed by atoms with van der Waals surface area (Å²) >= 11 is 0. The van der Waals surface area contributed by atoms with E-state index in [9.17, 15) is 4.79 Å². The zero-order valence-electron chi connectivity index (χ0n) is 12.6. The maximum Gasteiger partial charge on any atom is 0.225 e. The van der Waals surface area contributed by atoms with E-state index >= 15 is 0 Å². The lowest BCUT2D eigenvalue weighted by Gasteiger charge is -2.24. The Bertz CT molecular complexity index is 483. The normalized spacial score (nSPS) is 16.2. The predicted molar refractivity (Wildman–Crippen MR) is 83.7 cm³/mol. The number of rotatable bonds is 6. The average molecular weight is 275 g/mol. The molecule has 0 radical (unpaired) electrons. The zero-order valence-corrected chi connectivity index (χ0v) is 12.6. The van der Waals surface area contributed by atoms with Crippen LogP contribution in [0.15, 0.2) is 18.2 Å². The second-order valence-corrected chi connectivity index (χ2v) is 5.88. The van der Waals surface area contributed by atoms with Crippen molar-refractivity contribution in [2.45, 2.75) is 39.2 Å². The summed E-state index contributed by atoms with van der Waals surface area (Å²) in [5, 5.41) is 2.94. The largest absolute Gasteiger partial charge is 0.398 e. The number of nitrogens with two attached hydrogens (primary N) is 1. The molecule has 1 atom stereocenters. The van der Waals surface area contributed by atoms with E-state index in [0.717, 1.165) is 23.7 Å².